The minimum atomic E-state index is -0.748. The van der Waals surface area contributed by atoms with Gasteiger partial charge in [-0.15, -0.1) is 0 Å². The molecule has 6 nitrogen and oxygen atoms in total. The van der Waals surface area contributed by atoms with Crippen LogP contribution in [0.5, 0.6) is 0 Å². The number of fused-ring (bicyclic) bond motifs is 1. The van der Waals surface area contributed by atoms with Crippen molar-refractivity contribution in [1.82, 2.24) is 9.97 Å². The Kier molecular flexibility index (Phi) is 2.24. The van der Waals surface area contributed by atoms with Crippen molar-refractivity contribution < 1.29 is 4.92 Å². The van der Waals surface area contributed by atoms with Crippen molar-refractivity contribution >= 4 is 32.7 Å². The molecule has 0 fully saturated rings. The lowest BCUT2D eigenvalue weighted by molar-refractivity contribution is -0.386. The molecule has 2 aromatic rings. The van der Waals surface area contributed by atoms with Crippen molar-refractivity contribution in [2.24, 2.45) is 0 Å². The third-order valence-electron chi connectivity index (χ3n) is 1.84. The molecule has 15 heavy (non-hydrogen) atoms. The number of nitrogens with one attached hydrogen (secondary N) is 1. The molecule has 0 radical (unpaired) electrons. The molecule has 1 N–H and O–H groups in total. The van der Waals surface area contributed by atoms with Crippen LogP contribution in [0.15, 0.2) is 27.6 Å². The minimum absolute atomic E-state index is 0.328. The number of H-pyrrole nitrogens is 1. The molecule has 0 unspecified atom stereocenters. The third-order valence-corrected chi connectivity index (χ3v) is 2.27. The van der Waals surface area contributed by atoms with Gasteiger partial charge >= 0.3 is 11.2 Å². The summed E-state index contributed by atoms with van der Waals surface area (Å²) in [5.74, 6) is 0. The number of nitrogens with zero attached hydrogens (tertiary/aromatic N) is 2. The van der Waals surface area contributed by atoms with Gasteiger partial charge in [0.15, 0.2) is 0 Å². The van der Waals surface area contributed by atoms with Gasteiger partial charge in [-0.3, -0.25) is 14.9 Å². The molecule has 2 heterocycles. The van der Waals surface area contributed by atoms with E-state index in [4.69, 9.17) is 0 Å². The average molecular weight is 270 g/mol. The lowest BCUT2D eigenvalue weighted by Gasteiger charge is -1.97. The van der Waals surface area contributed by atoms with Gasteiger partial charge in [-0.2, -0.15) is 0 Å². The molecular formula is C8H4BrN3O3. The Labute approximate surface area is 91.2 Å². The second kappa shape index (κ2) is 3.43. The summed E-state index contributed by atoms with van der Waals surface area (Å²) in [6.45, 7) is 0. The number of halogens is 1. The quantitative estimate of drug-likeness (QED) is 0.629. The van der Waals surface area contributed by atoms with E-state index in [2.05, 4.69) is 25.9 Å². The van der Waals surface area contributed by atoms with Crippen molar-refractivity contribution in [1.29, 1.82) is 0 Å². The van der Waals surface area contributed by atoms with Crippen molar-refractivity contribution in [2.75, 3.05) is 0 Å². The smallest absolute Gasteiger partial charge is 0.301 e. The Bertz CT molecular complexity index is 608. The van der Waals surface area contributed by atoms with E-state index in [0.29, 0.717) is 15.5 Å². The number of rotatable bonds is 1. The Hall–Kier alpha value is -1.76. The van der Waals surface area contributed by atoms with Crippen LogP contribution in [0.4, 0.5) is 5.69 Å². The number of pyridine rings is 2. The molecule has 0 aromatic carbocycles. The molecule has 0 saturated carbocycles. The zero-order chi connectivity index (χ0) is 11.0. The van der Waals surface area contributed by atoms with Crippen LogP contribution in [-0.4, -0.2) is 14.9 Å². The van der Waals surface area contributed by atoms with Crippen LogP contribution < -0.4 is 5.56 Å². The molecule has 0 aliphatic rings. The van der Waals surface area contributed by atoms with Crippen LogP contribution in [0.2, 0.25) is 0 Å². The Morgan fingerprint density at radius 2 is 2.20 bits per heavy atom. The molecule has 0 atom stereocenters. The Morgan fingerprint density at radius 3 is 2.87 bits per heavy atom. The number of nitro groups is 1. The summed E-state index contributed by atoms with van der Waals surface area (Å²) in [4.78, 5) is 27.2. The number of aromatic amines is 1. The summed E-state index contributed by atoms with van der Waals surface area (Å²) < 4.78 is 0.691. The lowest BCUT2D eigenvalue weighted by Crippen LogP contribution is -2.11. The van der Waals surface area contributed by atoms with E-state index in [1.54, 1.807) is 6.07 Å². The number of hydrogen-bond donors (Lipinski definition) is 1. The highest BCUT2D eigenvalue weighted by atomic mass is 79.9. The maximum atomic E-state index is 11.2. The molecule has 76 valence electrons. The summed E-state index contributed by atoms with van der Waals surface area (Å²) in [5.41, 5.74) is -0.904. The first-order valence-corrected chi connectivity index (χ1v) is 4.70. The minimum Gasteiger partial charge on any atom is -0.301 e. The zero-order valence-corrected chi connectivity index (χ0v) is 8.82. The number of hydrogen-bond acceptors (Lipinski definition) is 4. The van der Waals surface area contributed by atoms with Gasteiger partial charge in [0, 0.05) is 22.1 Å². The van der Waals surface area contributed by atoms with Crippen molar-refractivity contribution in [3.8, 4) is 0 Å². The van der Waals surface area contributed by atoms with E-state index in [0.717, 1.165) is 0 Å². The highest BCUT2D eigenvalue weighted by molar-refractivity contribution is 9.10. The van der Waals surface area contributed by atoms with Gasteiger partial charge in [-0.25, -0.2) is 4.98 Å². The van der Waals surface area contributed by atoms with Crippen molar-refractivity contribution in [3.63, 3.8) is 0 Å². The molecule has 2 aromatic heterocycles. The van der Waals surface area contributed by atoms with Crippen LogP contribution in [0.3, 0.4) is 0 Å². The van der Waals surface area contributed by atoms with Gasteiger partial charge in [0.25, 0.3) is 0 Å². The fourth-order valence-corrected chi connectivity index (χ4v) is 1.54. The van der Waals surface area contributed by atoms with Gasteiger partial charge in [-0.05, 0) is 22.0 Å². The average Bonchev–Trinajstić information content (AvgIpc) is 2.17. The molecule has 2 rings (SSSR count). The van der Waals surface area contributed by atoms with E-state index < -0.39 is 16.2 Å². The Morgan fingerprint density at radius 1 is 1.47 bits per heavy atom. The van der Waals surface area contributed by atoms with Crippen molar-refractivity contribution in [3.05, 3.63) is 43.3 Å². The topological polar surface area (TPSA) is 88.9 Å². The van der Waals surface area contributed by atoms with Gasteiger partial charge in [0.05, 0.1) is 4.92 Å². The maximum Gasteiger partial charge on any atom is 0.334 e. The second-order valence-electron chi connectivity index (χ2n) is 2.83. The van der Waals surface area contributed by atoms with Crippen LogP contribution >= 0.6 is 15.9 Å². The molecule has 7 heteroatoms. The summed E-state index contributed by atoms with van der Waals surface area (Å²) in [6, 6.07) is 2.84. The largest absolute Gasteiger partial charge is 0.334 e. The summed E-state index contributed by atoms with van der Waals surface area (Å²) in [6.07, 6.45) is 1.50. The first-order valence-electron chi connectivity index (χ1n) is 3.91. The molecule has 0 spiro atoms. The third kappa shape index (κ3) is 1.73. The van der Waals surface area contributed by atoms with E-state index >= 15 is 0 Å². The second-order valence-corrected chi connectivity index (χ2v) is 3.75. The molecule has 0 saturated heterocycles. The standard InChI is InChI=1S/C8H4BrN3O3/c9-5-1-4-2-6(12(14)15)8(13)11-7(4)10-3-5/h1-3H,(H,10,11,13). The number of aromatic nitrogens is 2. The summed E-state index contributed by atoms with van der Waals surface area (Å²) in [7, 11) is 0. The van der Waals surface area contributed by atoms with E-state index in [9.17, 15) is 14.9 Å². The maximum absolute atomic E-state index is 11.2. The zero-order valence-electron chi connectivity index (χ0n) is 7.23. The van der Waals surface area contributed by atoms with Gasteiger partial charge in [0.2, 0.25) is 0 Å². The predicted octanol–water partition coefficient (Wildman–Crippen LogP) is 1.59. The highest BCUT2D eigenvalue weighted by Gasteiger charge is 2.13. The van der Waals surface area contributed by atoms with Gasteiger partial charge < -0.3 is 4.98 Å². The van der Waals surface area contributed by atoms with E-state index in [1.807, 2.05) is 0 Å². The van der Waals surface area contributed by atoms with Crippen LogP contribution in [0.25, 0.3) is 11.0 Å². The molecule has 0 amide bonds. The van der Waals surface area contributed by atoms with Gasteiger partial charge in [0.1, 0.15) is 5.65 Å². The normalized spacial score (nSPS) is 10.5. The van der Waals surface area contributed by atoms with Crippen LogP contribution in [0, 0.1) is 10.1 Å². The van der Waals surface area contributed by atoms with Gasteiger partial charge in [-0.1, -0.05) is 0 Å². The predicted molar refractivity (Wildman–Crippen MR) is 56.7 cm³/mol. The fourth-order valence-electron chi connectivity index (χ4n) is 1.19. The van der Waals surface area contributed by atoms with E-state index in [-0.39, 0.29) is 0 Å². The fraction of sp³-hybridized carbons (Fsp3) is 0. The first-order chi connectivity index (χ1) is 7.08. The lowest BCUT2D eigenvalue weighted by atomic mass is 10.3. The molecule has 0 aliphatic heterocycles. The highest BCUT2D eigenvalue weighted by Crippen LogP contribution is 2.17. The first kappa shape index (κ1) is 9.78. The monoisotopic (exact) mass is 269 g/mol. The van der Waals surface area contributed by atoms with Crippen LogP contribution in [0.1, 0.15) is 0 Å². The molecule has 0 bridgehead atoms. The molecular weight excluding hydrogens is 266 g/mol. The summed E-state index contributed by atoms with van der Waals surface area (Å²) in [5, 5.41) is 11.0. The van der Waals surface area contributed by atoms with Crippen LogP contribution in [-0.2, 0) is 0 Å². The SMILES string of the molecule is O=c1[nH]c2ncc(Br)cc2cc1[N+](=O)[O-]. The summed E-state index contributed by atoms with van der Waals surface area (Å²) >= 11 is 3.19. The van der Waals surface area contributed by atoms with E-state index in [1.165, 1.54) is 12.3 Å². The van der Waals surface area contributed by atoms with Crippen molar-refractivity contribution in [2.45, 2.75) is 0 Å². The Balaban J connectivity index is 2.83. The molecule has 0 aliphatic carbocycles.